The molecule has 3 aromatic rings. The molecule has 31 heavy (non-hydrogen) atoms. The molecule has 0 saturated heterocycles. The zero-order valence-electron chi connectivity index (χ0n) is 17.1. The summed E-state index contributed by atoms with van der Waals surface area (Å²) in [6, 6.07) is 25.3. The maximum atomic E-state index is 5.78. The SMILES string of the molecule is NC(=S)NN=Cc1ccc(OCCCOc2ccc(OCc3ccccc3)cc2)cc1. The summed E-state index contributed by atoms with van der Waals surface area (Å²) in [5.41, 5.74) is 9.87. The monoisotopic (exact) mass is 435 g/mol. The lowest BCUT2D eigenvalue weighted by Gasteiger charge is -2.10. The lowest BCUT2D eigenvalue weighted by molar-refractivity contribution is 0.247. The van der Waals surface area contributed by atoms with Gasteiger partial charge < -0.3 is 19.9 Å². The van der Waals surface area contributed by atoms with Gasteiger partial charge in [0.25, 0.3) is 0 Å². The van der Waals surface area contributed by atoms with Crippen LogP contribution in [0.3, 0.4) is 0 Å². The molecule has 0 aliphatic carbocycles. The van der Waals surface area contributed by atoms with Crippen molar-refractivity contribution in [2.45, 2.75) is 13.0 Å². The summed E-state index contributed by atoms with van der Waals surface area (Å²) in [7, 11) is 0. The van der Waals surface area contributed by atoms with E-state index in [1.807, 2.05) is 78.9 Å². The predicted molar refractivity (Wildman–Crippen MR) is 127 cm³/mol. The molecule has 0 aliphatic rings. The molecule has 0 heterocycles. The number of rotatable bonds is 11. The lowest BCUT2D eigenvalue weighted by Crippen LogP contribution is -2.23. The molecule has 0 aliphatic heterocycles. The van der Waals surface area contributed by atoms with Gasteiger partial charge in [0.1, 0.15) is 23.9 Å². The van der Waals surface area contributed by atoms with Gasteiger partial charge in [-0.15, -0.1) is 0 Å². The number of thiocarbonyl (C=S) groups is 1. The van der Waals surface area contributed by atoms with Gasteiger partial charge in [0.05, 0.1) is 19.4 Å². The molecule has 0 radical (unpaired) electrons. The highest BCUT2D eigenvalue weighted by Crippen LogP contribution is 2.19. The molecule has 3 N–H and O–H groups in total. The minimum absolute atomic E-state index is 0.130. The second-order valence-electron chi connectivity index (χ2n) is 6.60. The summed E-state index contributed by atoms with van der Waals surface area (Å²) in [5, 5.41) is 4.04. The molecule has 0 unspecified atom stereocenters. The Labute approximate surface area is 187 Å². The van der Waals surface area contributed by atoms with Gasteiger partial charge >= 0.3 is 0 Å². The Balaban J connectivity index is 1.31. The van der Waals surface area contributed by atoms with Crippen LogP contribution < -0.4 is 25.4 Å². The Morgan fingerprint density at radius 2 is 1.35 bits per heavy atom. The molecule has 3 rings (SSSR count). The first-order valence-electron chi connectivity index (χ1n) is 9.90. The van der Waals surface area contributed by atoms with Crippen molar-refractivity contribution in [3.05, 3.63) is 90.0 Å². The van der Waals surface area contributed by atoms with Crippen molar-refractivity contribution in [2.24, 2.45) is 10.8 Å². The van der Waals surface area contributed by atoms with Crippen LogP contribution in [0, 0.1) is 0 Å². The van der Waals surface area contributed by atoms with Crippen LogP contribution in [-0.2, 0) is 6.61 Å². The van der Waals surface area contributed by atoms with Gasteiger partial charge in [-0.2, -0.15) is 5.10 Å². The van der Waals surface area contributed by atoms with Crippen molar-refractivity contribution in [1.29, 1.82) is 0 Å². The summed E-state index contributed by atoms with van der Waals surface area (Å²) in [6.07, 6.45) is 2.40. The first kappa shape index (κ1) is 22.1. The van der Waals surface area contributed by atoms with Crippen LogP contribution in [0.5, 0.6) is 17.2 Å². The molecule has 6 nitrogen and oxygen atoms in total. The molecule has 3 aromatic carbocycles. The van der Waals surface area contributed by atoms with E-state index in [0.29, 0.717) is 19.8 Å². The van der Waals surface area contributed by atoms with Crippen LogP contribution in [-0.4, -0.2) is 24.5 Å². The summed E-state index contributed by atoms with van der Waals surface area (Å²) >= 11 is 4.68. The van der Waals surface area contributed by atoms with Gasteiger partial charge in [-0.05, 0) is 71.9 Å². The van der Waals surface area contributed by atoms with Crippen molar-refractivity contribution < 1.29 is 14.2 Å². The fourth-order valence-corrected chi connectivity index (χ4v) is 2.69. The summed E-state index contributed by atoms with van der Waals surface area (Å²) in [5.74, 6) is 2.41. The van der Waals surface area contributed by atoms with E-state index in [0.717, 1.165) is 34.8 Å². The van der Waals surface area contributed by atoms with Gasteiger partial charge in [-0.3, -0.25) is 5.43 Å². The average molecular weight is 436 g/mol. The number of nitrogens with one attached hydrogen (secondary N) is 1. The van der Waals surface area contributed by atoms with Crippen molar-refractivity contribution >= 4 is 23.5 Å². The Hall–Kier alpha value is -3.58. The van der Waals surface area contributed by atoms with Crippen LogP contribution in [0.1, 0.15) is 17.5 Å². The van der Waals surface area contributed by atoms with Crippen molar-refractivity contribution in [1.82, 2.24) is 5.43 Å². The number of hydrazone groups is 1. The molecule has 0 amide bonds. The molecule has 0 saturated carbocycles. The van der Waals surface area contributed by atoms with Crippen molar-refractivity contribution in [3.8, 4) is 17.2 Å². The topological polar surface area (TPSA) is 78.1 Å². The summed E-state index contributed by atoms with van der Waals surface area (Å²) in [6.45, 7) is 1.68. The maximum absolute atomic E-state index is 5.78. The third-order valence-corrected chi connectivity index (χ3v) is 4.26. The second-order valence-corrected chi connectivity index (χ2v) is 7.04. The van der Waals surface area contributed by atoms with Crippen LogP contribution in [0.4, 0.5) is 0 Å². The summed E-state index contributed by atoms with van der Waals surface area (Å²) in [4.78, 5) is 0. The molecule has 0 fully saturated rings. The Morgan fingerprint density at radius 3 is 1.94 bits per heavy atom. The number of ether oxygens (including phenoxy) is 3. The zero-order valence-corrected chi connectivity index (χ0v) is 17.9. The fraction of sp³-hybridized carbons (Fsp3) is 0.167. The first-order valence-corrected chi connectivity index (χ1v) is 10.3. The largest absolute Gasteiger partial charge is 0.493 e. The quantitative estimate of drug-likeness (QED) is 0.203. The van der Waals surface area contributed by atoms with E-state index in [-0.39, 0.29) is 5.11 Å². The number of benzene rings is 3. The standard InChI is InChI=1S/C24H25N3O3S/c25-24(31)27-26-17-19-7-9-21(10-8-19)28-15-4-16-29-22-11-13-23(14-12-22)30-18-20-5-2-1-3-6-20/h1-3,5-14,17H,4,15-16,18H2,(H3,25,27,31). The van der Waals surface area contributed by atoms with Crippen molar-refractivity contribution in [3.63, 3.8) is 0 Å². The van der Waals surface area contributed by atoms with E-state index in [2.05, 4.69) is 22.7 Å². The normalized spacial score (nSPS) is 10.6. The number of hydrogen-bond acceptors (Lipinski definition) is 5. The highest BCUT2D eigenvalue weighted by molar-refractivity contribution is 7.80. The minimum Gasteiger partial charge on any atom is -0.493 e. The Kier molecular flexibility index (Phi) is 8.70. The van der Waals surface area contributed by atoms with Gasteiger partial charge in [0.15, 0.2) is 5.11 Å². The highest BCUT2D eigenvalue weighted by atomic mass is 32.1. The third kappa shape index (κ3) is 8.36. The Morgan fingerprint density at radius 1 is 0.806 bits per heavy atom. The first-order chi connectivity index (χ1) is 15.2. The molecule has 7 heteroatoms. The van der Waals surface area contributed by atoms with E-state index in [1.165, 1.54) is 0 Å². The van der Waals surface area contributed by atoms with Crippen LogP contribution in [0.2, 0.25) is 0 Å². The predicted octanol–water partition coefficient (Wildman–Crippen LogP) is 4.28. The van der Waals surface area contributed by atoms with E-state index in [4.69, 9.17) is 19.9 Å². The van der Waals surface area contributed by atoms with E-state index in [1.54, 1.807) is 6.21 Å². The minimum atomic E-state index is 0.130. The third-order valence-electron chi connectivity index (χ3n) is 4.17. The average Bonchev–Trinajstić information content (AvgIpc) is 2.80. The van der Waals surface area contributed by atoms with E-state index in [9.17, 15) is 0 Å². The molecule has 0 spiro atoms. The maximum Gasteiger partial charge on any atom is 0.184 e. The smallest absolute Gasteiger partial charge is 0.184 e. The number of hydrogen-bond donors (Lipinski definition) is 2. The van der Waals surface area contributed by atoms with Gasteiger partial charge in [-0.1, -0.05) is 30.3 Å². The van der Waals surface area contributed by atoms with Gasteiger partial charge in [-0.25, -0.2) is 0 Å². The molecule has 0 aromatic heterocycles. The van der Waals surface area contributed by atoms with E-state index >= 15 is 0 Å². The molecular formula is C24H25N3O3S. The second kappa shape index (κ2) is 12.2. The number of nitrogens with two attached hydrogens (primary N) is 1. The highest BCUT2D eigenvalue weighted by Gasteiger charge is 1.99. The Bertz CT molecular complexity index is 962. The van der Waals surface area contributed by atoms with Crippen LogP contribution in [0.15, 0.2) is 84.0 Å². The van der Waals surface area contributed by atoms with Gasteiger partial charge in [0, 0.05) is 6.42 Å². The van der Waals surface area contributed by atoms with Crippen LogP contribution in [0.25, 0.3) is 0 Å². The fourth-order valence-electron chi connectivity index (χ4n) is 2.63. The van der Waals surface area contributed by atoms with Crippen molar-refractivity contribution in [2.75, 3.05) is 13.2 Å². The lowest BCUT2D eigenvalue weighted by atomic mass is 10.2. The molecule has 0 atom stereocenters. The van der Waals surface area contributed by atoms with Gasteiger partial charge in [0.2, 0.25) is 0 Å². The molecule has 0 bridgehead atoms. The van der Waals surface area contributed by atoms with Crippen LogP contribution >= 0.6 is 12.2 Å². The molecular weight excluding hydrogens is 410 g/mol. The number of nitrogens with zero attached hydrogens (tertiary/aromatic N) is 1. The van der Waals surface area contributed by atoms with E-state index < -0.39 is 0 Å². The zero-order chi connectivity index (χ0) is 21.7. The molecule has 160 valence electrons. The summed E-state index contributed by atoms with van der Waals surface area (Å²) < 4.78 is 17.3.